The van der Waals surface area contributed by atoms with E-state index in [4.69, 9.17) is 16.9 Å². The van der Waals surface area contributed by atoms with Crippen LogP contribution in [0.2, 0.25) is 5.02 Å². The van der Waals surface area contributed by atoms with Crippen LogP contribution < -0.4 is 5.32 Å². The molecule has 2 nitrogen and oxygen atoms in total. The molecule has 16 heavy (non-hydrogen) atoms. The molecular formula is C13H17ClN2. The Balaban J connectivity index is 2.63. The summed E-state index contributed by atoms with van der Waals surface area (Å²) in [5.41, 5.74) is 0.943. The Morgan fingerprint density at radius 1 is 1.38 bits per heavy atom. The van der Waals surface area contributed by atoms with E-state index in [-0.39, 0.29) is 6.04 Å². The number of hydrogen-bond donors (Lipinski definition) is 1. The van der Waals surface area contributed by atoms with Gasteiger partial charge in [-0.1, -0.05) is 31.9 Å². The maximum Gasteiger partial charge on any atom is 0.117 e. The lowest BCUT2D eigenvalue weighted by Crippen LogP contribution is -2.25. The minimum absolute atomic E-state index is 0.138. The van der Waals surface area contributed by atoms with Gasteiger partial charge in [-0.25, -0.2) is 0 Å². The number of hydrogen-bond acceptors (Lipinski definition) is 2. The van der Waals surface area contributed by atoms with Crippen LogP contribution in [0.5, 0.6) is 0 Å². The van der Waals surface area contributed by atoms with Gasteiger partial charge in [0.25, 0.3) is 0 Å². The molecule has 0 amide bonds. The molecule has 1 aromatic carbocycles. The maximum absolute atomic E-state index is 9.10. The summed E-state index contributed by atoms with van der Waals surface area (Å²) in [6, 6.07) is 9.60. The molecule has 0 aliphatic rings. The van der Waals surface area contributed by atoms with Crippen molar-refractivity contribution < 1.29 is 0 Å². The molecule has 0 heterocycles. The molecule has 0 radical (unpaired) electrons. The highest BCUT2D eigenvalue weighted by Crippen LogP contribution is 2.18. The first-order valence-corrected chi connectivity index (χ1v) is 5.97. The van der Waals surface area contributed by atoms with Crippen molar-refractivity contribution in [2.24, 2.45) is 5.92 Å². The van der Waals surface area contributed by atoms with Crippen LogP contribution in [0.25, 0.3) is 0 Å². The van der Waals surface area contributed by atoms with E-state index in [2.05, 4.69) is 25.2 Å². The van der Waals surface area contributed by atoms with Crippen LogP contribution >= 0.6 is 11.6 Å². The van der Waals surface area contributed by atoms with Crippen LogP contribution in [0.4, 0.5) is 5.69 Å². The van der Waals surface area contributed by atoms with Crippen molar-refractivity contribution in [1.82, 2.24) is 0 Å². The van der Waals surface area contributed by atoms with Crippen molar-refractivity contribution in [2.75, 3.05) is 5.32 Å². The summed E-state index contributed by atoms with van der Waals surface area (Å²) in [6.45, 7) is 4.23. The van der Waals surface area contributed by atoms with Crippen molar-refractivity contribution in [1.29, 1.82) is 5.26 Å². The van der Waals surface area contributed by atoms with Gasteiger partial charge < -0.3 is 5.32 Å². The van der Waals surface area contributed by atoms with E-state index in [1.54, 1.807) is 0 Å². The normalized spacial score (nSPS) is 13.9. The van der Waals surface area contributed by atoms with Gasteiger partial charge in [0, 0.05) is 10.7 Å². The zero-order valence-electron chi connectivity index (χ0n) is 9.70. The van der Waals surface area contributed by atoms with Gasteiger partial charge in [-0.05, 0) is 36.6 Å². The topological polar surface area (TPSA) is 35.8 Å². The van der Waals surface area contributed by atoms with Crippen LogP contribution in [0.1, 0.15) is 26.7 Å². The molecule has 86 valence electrons. The number of nitriles is 1. The smallest absolute Gasteiger partial charge is 0.117 e. The van der Waals surface area contributed by atoms with Crippen molar-refractivity contribution in [3.63, 3.8) is 0 Å². The summed E-state index contributed by atoms with van der Waals surface area (Å²) in [4.78, 5) is 0. The molecule has 1 N–H and O–H groups in total. The minimum Gasteiger partial charge on any atom is -0.370 e. The lowest BCUT2D eigenvalue weighted by molar-refractivity contribution is 0.500. The van der Waals surface area contributed by atoms with E-state index in [0.717, 1.165) is 18.5 Å². The van der Waals surface area contributed by atoms with Gasteiger partial charge in [0.05, 0.1) is 6.07 Å². The summed E-state index contributed by atoms with van der Waals surface area (Å²) < 4.78 is 0. The molecule has 1 rings (SSSR count). The standard InChI is InChI=1S/C13H17ClN2/c1-3-4-10(2)13(9-15)16-12-7-5-11(14)6-8-12/h5-8,10,13,16H,3-4H2,1-2H3. The van der Waals surface area contributed by atoms with E-state index in [1.807, 2.05) is 24.3 Å². The lowest BCUT2D eigenvalue weighted by Gasteiger charge is -2.19. The molecule has 0 aromatic heterocycles. The molecule has 0 spiro atoms. The third kappa shape index (κ3) is 3.75. The Labute approximate surface area is 102 Å². The largest absolute Gasteiger partial charge is 0.370 e. The molecule has 2 atom stereocenters. The Bertz CT molecular complexity index is 353. The van der Waals surface area contributed by atoms with Gasteiger partial charge in [-0.15, -0.1) is 0 Å². The summed E-state index contributed by atoms with van der Waals surface area (Å²) in [5, 5.41) is 13.0. The second-order valence-electron chi connectivity index (χ2n) is 4.02. The zero-order chi connectivity index (χ0) is 12.0. The Hall–Kier alpha value is -1.20. The molecule has 1 aromatic rings. The highest BCUT2D eigenvalue weighted by Gasteiger charge is 2.15. The van der Waals surface area contributed by atoms with E-state index >= 15 is 0 Å². The average Bonchev–Trinajstić information content (AvgIpc) is 2.28. The molecule has 0 saturated heterocycles. The number of rotatable bonds is 5. The first-order valence-electron chi connectivity index (χ1n) is 5.59. The van der Waals surface area contributed by atoms with Crippen molar-refractivity contribution in [2.45, 2.75) is 32.7 Å². The van der Waals surface area contributed by atoms with Crippen LogP contribution in [0.15, 0.2) is 24.3 Å². The number of anilines is 1. The van der Waals surface area contributed by atoms with E-state index in [9.17, 15) is 0 Å². The van der Waals surface area contributed by atoms with Gasteiger partial charge in [0.2, 0.25) is 0 Å². The summed E-state index contributed by atoms with van der Waals surface area (Å²) >= 11 is 5.80. The molecule has 3 heteroatoms. The SMILES string of the molecule is CCCC(C)C(C#N)Nc1ccc(Cl)cc1. The fourth-order valence-corrected chi connectivity index (χ4v) is 1.78. The zero-order valence-corrected chi connectivity index (χ0v) is 10.5. The monoisotopic (exact) mass is 236 g/mol. The van der Waals surface area contributed by atoms with Crippen molar-refractivity contribution in [3.05, 3.63) is 29.3 Å². The lowest BCUT2D eigenvalue weighted by atomic mass is 9.98. The Morgan fingerprint density at radius 3 is 2.50 bits per heavy atom. The fraction of sp³-hybridized carbons (Fsp3) is 0.462. The van der Waals surface area contributed by atoms with Crippen LogP contribution in [0, 0.1) is 17.2 Å². The van der Waals surface area contributed by atoms with Crippen LogP contribution in [0.3, 0.4) is 0 Å². The quantitative estimate of drug-likeness (QED) is 0.836. The van der Waals surface area contributed by atoms with Crippen LogP contribution in [-0.4, -0.2) is 6.04 Å². The summed E-state index contributed by atoms with van der Waals surface area (Å²) in [6.07, 6.45) is 2.15. The van der Waals surface area contributed by atoms with Gasteiger partial charge in [0.15, 0.2) is 0 Å². The first-order chi connectivity index (χ1) is 7.67. The number of halogens is 1. The second kappa shape index (κ2) is 6.40. The predicted octanol–water partition coefficient (Wildman–Crippen LogP) is 4.08. The highest BCUT2D eigenvalue weighted by molar-refractivity contribution is 6.30. The number of nitrogens with one attached hydrogen (secondary N) is 1. The average molecular weight is 237 g/mol. The molecule has 0 fully saturated rings. The third-order valence-electron chi connectivity index (χ3n) is 2.62. The summed E-state index contributed by atoms with van der Waals surface area (Å²) in [7, 11) is 0. The highest BCUT2D eigenvalue weighted by atomic mass is 35.5. The van der Waals surface area contributed by atoms with Gasteiger partial charge in [0.1, 0.15) is 6.04 Å². The van der Waals surface area contributed by atoms with E-state index in [1.165, 1.54) is 0 Å². The van der Waals surface area contributed by atoms with E-state index < -0.39 is 0 Å². The van der Waals surface area contributed by atoms with E-state index in [0.29, 0.717) is 10.9 Å². The first kappa shape index (κ1) is 12.9. The number of nitrogens with zero attached hydrogens (tertiary/aromatic N) is 1. The van der Waals surface area contributed by atoms with Gasteiger partial charge in [-0.2, -0.15) is 5.26 Å². The van der Waals surface area contributed by atoms with Gasteiger partial charge >= 0.3 is 0 Å². The second-order valence-corrected chi connectivity index (χ2v) is 4.46. The fourth-order valence-electron chi connectivity index (χ4n) is 1.65. The summed E-state index contributed by atoms with van der Waals surface area (Å²) in [5.74, 6) is 0.352. The minimum atomic E-state index is -0.138. The molecule has 0 bridgehead atoms. The Kier molecular flexibility index (Phi) is 5.14. The predicted molar refractivity (Wildman–Crippen MR) is 68.5 cm³/mol. The molecule has 0 aliphatic heterocycles. The maximum atomic E-state index is 9.10. The molecule has 0 aliphatic carbocycles. The van der Waals surface area contributed by atoms with Crippen molar-refractivity contribution >= 4 is 17.3 Å². The van der Waals surface area contributed by atoms with Crippen molar-refractivity contribution in [3.8, 4) is 6.07 Å². The number of benzene rings is 1. The van der Waals surface area contributed by atoms with Crippen LogP contribution in [-0.2, 0) is 0 Å². The molecular weight excluding hydrogens is 220 g/mol. The Morgan fingerprint density at radius 2 is 2.00 bits per heavy atom. The third-order valence-corrected chi connectivity index (χ3v) is 2.87. The molecule has 0 saturated carbocycles. The van der Waals surface area contributed by atoms with Gasteiger partial charge in [-0.3, -0.25) is 0 Å². The molecule has 2 unspecified atom stereocenters.